The molecule has 0 radical (unpaired) electrons. The topological polar surface area (TPSA) is 72.7 Å². The van der Waals surface area contributed by atoms with Crippen LogP contribution in [0.3, 0.4) is 0 Å². The van der Waals surface area contributed by atoms with E-state index in [0.29, 0.717) is 5.82 Å². The van der Waals surface area contributed by atoms with E-state index in [-0.39, 0.29) is 17.6 Å². The van der Waals surface area contributed by atoms with Crippen molar-refractivity contribution in [3.8, 4) is 5.82 Å². The average Bonchev–Trinajstić information content (AvgIpc) is 3.10. The Balaban J connectivity index is 1.70. The maximum atomic E-state index is 12.2. The summed E-state index contributed by atoms with van der Waals surface area (Å²) in [5, 5.41) is 14.9. The van der Waals surface area contributed by atoms with Crippen molar-refractivity contribution < 1.29 is 4.79 Å². The second kappa shape index (κ2) is 6.17. The fourth-order valence-corrected chi connectivity index (χ4v) is 2.07. The molecule has 1 amide bonds. The summed E-state index contributed by atoms with van der Waals surface area (Å²) in [5.41, 5.74) is 1.32. The summed E-state index contributed by atoms with van der Waals surface area (Å²) in [7, 11) is 0. The second-order valence-corrected chi connectivity index (χ2v) is 4.83. The van der Waals surface area contributed by atoms with Crippen LogP contribution >= 0.6 is 0 Å². The van der Waals surface area contributed by atoms with Crippen LogP contribution in [0.1, 0.15) is 29.0 Å². The van der Waals surface area contributed by atoms with Gasteiger partial charge in [-0.3, -0.25) is 4.79 Å². The standard InChI is InChI=1S/C16H15N5O/c1-12(13-6-3-2-4-7-13)18-16(22)14-8-9-15(20-19-14)21-11-5-10-17-21/h2-12H,1H3,(H,18,22). The van der Waals surface area contributed by atoms with Gasteiger partial charge in [0.1, 0.15) is 0 Å². The van der Waals surface area contributed by atoms with Crippen molar-refractivity contribution in [2.45, 2.75) is 13.0 Å². The fraction of sp³-hybridized carbons (Fsp3) is 0.125. The average molecular weight is 293 g/mol. The van der Waals surface area contributed by atoms with E-state index < -0.39 is 0 Å². The summed E-state index contributed by atoms with van der Waals surface area (Å²) in [5.74, 6) is 0.313. The van der Waals surface area contributed by atoms with Gasteiger partial charge in [0.2, 0.25) is 0 Å². The SMILES string of the molecule is CC(NC(=O)c1ccc(-n2cccn2)nn1)c1ccccc1. The maximum Gasteiger partial charge on any atom is 0.272 e. The van der Waals surface area contributed by atoms with Gasteiger partial charge in [0, 0.05) is 12.4 Å². The van der Waals surface area contributed by atoms with Gasteiger partial charge >= 0.3 is 0 Å². The van der Waals surface area contributed by atoms with Crippen molar-refractivity contribution >= 4 is 5.91 Å². The van der Waals surface area contributed by atoms with Crippen LogP contribution in [-0.2, 0) is 0 Å². The third-order valence-corrected chi connectivity index (χ3v) is 3.27. The first-order chi connectivity index (χ1) is 10.7. The molecule has 0 saturated heterocycles. The van der Waals surface area contributed by atoms with Crippen LogP contribution in [0.25, 0.3) is 5.82 Å². The van der Waals surface area contributed by atoms with E-state index in [0.717, 1.165) is 5.56 Å². The Morgan fingerprint density at radius 3 is 2.55 bits per heavy atom. The highest BCUT2D eigenvalue weighted by atomic mass is 16.2. The normalized spacial score (nSPS) is 11.9. The number of nitrogens with one attached hydrogen (secondary N) is 1. The number of hydrogen-bond acceptors (Lipinski definition) is 4. The van der Waals surface area contributed by atoms with E-state index in [2.05, 4.69) is 20.6 Å². The molecule has 1 atom stereocenters. The number of aromatic nitrogens is 4. The highest BCUT2D eigenvalue weighted by molar-refractivity contribution is 5.92. The van der Waals surface area contributed by atoms with E-state index >= 15 is 0 Å². The van der Waals surface area contributed by atoms with Crippen LogP contribution < -0.4 is 5.32 Å². The summed E-state index contributed by atoms with van der Waals surface area (Å²) in [4.78, 5) is 12.2. The molecule has 0 fully saturated rings. The van der Waals surface area contributed by atoms with E-state index in [1.54, 1.807) is 35.3 Å². The van der Waals surface area contributed by atoms with E-state index in [4.69, 9.17) is 0 Å². The van der Waals surface area contributed by atoms with Crippen molar-refractivity contribution in [2.24, 2.45) is 0 Å². The molecule has 110 valence electrons. The number of nitrogens with zero attached hydrogens (tertiary/aromatic N) is 4. The number of hydrogen-bond donors (Lipinski definition) is 1. The number of amides is 1. The molecule has 0 saturated carbocycles. The minimum Gasteiger partial charge on any atom is -0.344 e. The highest BCUT2D eigenvalue weighted by Crippen LogP contribution is 2.12. The van der Waals surface area contributed by atoms with Crippen LogP contribution in [-0.4, -0.2) is 25.9 Å². The summed E-state index contributed by atoms with van der Waals surface area (Å²) in [6.07, 6.45) is 3.42. The molecule has 0 aliphatic heterocycles. The van der Waals surface area contributed by atoms with Gasteiger partial charge in [0.05, 0.1) is 6.04 Å². The van der Waals surface area contributed by atoms with Crippen LogP contribution in [0.2, 0.25) is 0 Å². The zero-order chi connectivity index (χ0) is 15.4. The van der Waals surface area contributed by atoms with Gasteiger partial charge < -0.3 is 5.32 Å². The summed E-state index contributed by atoms with van der Waals surface area (Å²) in [6, 6.07) is 14.8. The molecule has 2 aromatic heterocycles. The largest absolute Gasteiger partial charge is 0.344 e. The molecule has 6 heteroatoms. The van der Waals surface area contributed by atoms with Gasteiger partial charge in [0.25, 0.3) is 5.91 Å². The Hall–Kier alpha value is -3.02. The lowest BCUT2D eigenvalue weighted by atomic mass is 10.1. The number of rotatable bonds is 4. The van der Waals surface area contributed by atoms with Gasteiger partial charge in [-0.15, -0.1) is 10.2 Å². The lowest BCUT2D eigenvalue weighted by Gasteiger charge is -2.13. The Morgan fingerprint density at radius 1 is 1.09 bits per heavy atom. The smallest absolute Gasteiger partial charge is 0.272 e. The zero-order valence-corrected chi connectivity index (χ0v) is 12.0. The molecule has 1 unspecified atom stereocenters. The lowest BCUT2D eigenvalue weighted by molar-refractivity contribution is 0.0934. The molecule has 0 aliphatic rings. The van der Waals surface area contributed by atoms with Crippen molar-refractivity contribution in [1.82, 2.24) is 25.3 Å². The molecule has 1 aromatic carbocycles. The molecule has 1 N–H and O–H groups in total. The minimum atomic E-state index is -0.254. The molecule has 3 rings (SSSR count). The third-order valence-electron chi connectivity index (χ3n) is 3.27. The van der Waals surface area contributed by atoms with Crippen molar-refractivity contribution in [3.63, 3.8) is 0 Å². The first-order valence-electron chi connectivity index (χ1n) is 6.93. The van der Waals surface area contributed by atoms with Gasteiger partial charge in [0.15, 0.2) is 11.5 Å². The van der Waals surface area contributed by atoms with E-state index in [9.17, 15) is 4.79 Å². The Kier molecular flexibility index (Phi) is 3.91. The Labute approximate surface area is 127 Å². The molecule has 3 aromatic rings. The molecule has 6 nitrogen and oxygen atoms in total. The molecule has 0 bridgehead atoms. The Morgan fingerprint density at radius 2 is 1.91 bits per heavy atom. The predicted molar refractivity (Wildman–Crippen MR) is 81.5 cm³/mol. The minimum absolute atomic E-state index is 0.0960. The van der Waals surface area contributed by atoms with E-state index in [1.165, 1.54) is 0 Å². The zero-order valence-electron chi connectivity index (χ0n) is 12.0. The lowest BCUT2D eigenvalue weighted by Crippen LogP contribution is -2.27. The Bertz CT molecular complexity index is 738. The molecule has 0 spiro atoms. The first kappa shape index (κ1) is 13.9. The summed E-state index contributed by atoms with van der Waals surface area (Å²) < 4.78 is 1.58. The van der Waals surface area contributed by atoms with E-state index in [1.807, 2.05) is 37.3 Å². The van der Waals surface area contributed by atoms with Crippen molar-refractivity contribution in [3.05, 3.63) is 72.2 Å². The fourth-order valence-electron chi connectivity index (χ4n) is 2.07. The van der Waals surface area contributed by atoms with Gasteiger partial charge in [-0.05, 0) is 30.7 Å². The second-order valence-electron chi connectivity index (χ2n) is 4.83. The van der Waals surface area contributed by atoms with Crippen LogP contribution in [0, 0.1) is 0 Å². The predicted octanol–water partition coefficient (Wildman–Crippen LogP) is 2.15. The van der Waals surface area contributed by atoms with Crippen molar-refractivity contribution in [1.29, 1.82) is 0 Å². The monoisotopic (exact) mass is 293 g/mol. The van der Waals surface area contributed by atoms with Crippen molar-refractivity contribution in [2.75, 3.05) is 0 Å². The maximum absolute atomic E-state index is 12.2. The number of carbonyl (C=O) groups excluding carboxylic acids is 1. The summed E-state index contributed by atoms with van der Waals surface area (Å²) >= 11 is 0. The van der Waals surface area contributed by atoms with Crippen LogP contribution in [0.5, 0.6) is 0 Å². The third kappa shape index (κ3) is 3.01. The number of carbonyl (C=O) groups is 1. The molecule has 2 heterocycles. The van der Waals surface area contributed by atoms with Gasteiger partial charge in [-0.1, -0.05) is 30.3 Å². The van der Waals surface area contributed by atoms with Gasteiger partial charge in [-0.25, -0.2) is 4.68 Å². The molecular weight excluding hydrogens is 278 g/mol. The molecular formula is C16H15N5O. The molecule has 22 heavy (non-hydrogen) atoms. The highest BCUT2D eigenvalue weighted by Gasteiger charge is 2.13. The molecule has 0 aliphatic carbocycles. The van der Waals surface area contributed by atoms with Crippen LogP contribution in [0.15, 0.2) is 60.9 Å². The summed E-state index contributed by atoms with van der Waals surface area (Å²) in [6.45, 7) is 1.93. The number of benzene rings is 1. The first-order valence-corrected chi connectivity index (χ1v) is 6.93. The van der Waals surface area contributed by atoms with Crippen LogP contribution in [0.4, 0.5) is 0 Å². The quantitative estimate of drug-likeness (QED) is 0.800. The van der Waals surface area contributed by atoms with Gasteiger partial charge in [-0.2, -0.15) is 5.10 Å².